The van der Waals surface area contributed by atoms with E-state index in [1.165, 1.54) is 0 Å². The molecule has 5 nitrogen and oxygen atoms in total. The molecule has 3 rings (SSSR count). The summed E-state index contributed by atoms with van der Waals surface area (Å²) in [5.74, 6) is 0.376. The number of oxazole rings is 1. The zero-order chi connectivity index (χ0) is 15.5. The second-order valence-corrected chi connectivity index (χ2v) is 6.38. The van der Waals surface area contributed by atoms with Gasteiger partial charge in [-0.1, -0.05) is 26.0 Å². The smallest absolute Gasteiger partial charge is 0.408 e. The SMILES string of the molecule is CC(C)CC1COCCN1CCn1c(=O)oc2ccccc21. The zero-order valence-electron chi connectivity index (χ0n) is 13.3. The lowest BCUT2D eigenvalue weighted by atomic mass is 10.0. The van der Waals surface area contributed by atoms with Crippen molar-refractivity contribution in [2.45, 2.75) is 32.9 Å². The molecule has 0 spiro atoms. The van der Waals surface area contributed by atoms with Crippen LogP contribution in [-0.4, -0.2) is 41.8 Å². The Balaban J connectivity index is 1.72. The molecular weight excluding hydrogens is 280 g/mol. The Morgan fingerprint density at radius 3 is 2.91 bits per heavy atom. The lowest BCUT2D eigenvalue weighted by Gasteiger charge is -2.36. The van der Waals surface area contributed by atoms with Gasteiger partial charge in [0.1, 0.15) is 0 Å². The lowest BCUT2D eigenvalue weighted by molar-refractivity contribution is -0.0158. The second-order valence-electron chi connectivity index (χ2n) is 6.38. The van der Waals surface area contributed by atoms with Crippen molar-refractivity contribution < 1.29 is 9.15 Å². The topological polar surface area (TPSA) is 47.6 Å². The summed E-state index contributed by atoms with van der Waals surface area (Å²) >= 11 is 0. The summed E-state index contributed by atoms with van der Waals surface area (Å²) in [6.45, 7) is 8.48. The van der Waals surface area contributed by atoms with Gasteiger partial charge in [0.25, 0.3) is 0 Å². The molecule has 0 amide bonds. The van der Waals surface area contributed by atoms with E-state index in [1.807, 2.05) is 24.3 Å². The predicted octanol–water partition coefficient (Wildman–Crippen LogP) is 2.34. The molecule has 0 N–H and O–H groups in total. The number of hydrogen-bond acceptors (Lipinski definition) is 4. The van der Waals surface area contributed by atoms with Gasteiger partial charge in [-0.25, -0.2) is 4.79 Å². The van der Waals surface area contributed by atoms with E-state index < -0.39 is 0 Å². The number of aromatic nitrogens is 1. The molecule has 2 heterocycles. The maximum absolute atomic E-state index is 12.0. The van der Waals surface area contributed by atoms with Crippen molar-refractivity contribution in [1.82, 2.24) is 9.47 Å². The Morgan fingerprint density at radius 1 is 1.27 bits per heavy atom. The molecule has 1 aromatic heterocycles. The highest BCUT2D eigenvalue weighted by atomic mass is 16.5. The molecule has 1 atom stereocenters. The third-order valence-corrected chi connectivity index (χ3v) is 4.28. The summed E-state index contributed by atoms with van der Waals surface area (Å²) in [6, 6.07) is 8.04. The molecule has 5 heteroatoms. The molecular formula is C17H24N2O3. The van der Waals surface area contributed by atoms with E-state index in [0.717, 1.165) is 38.2 Å². The number of benzene rings is 1. The fraction of sp³-hybridized carbons (Fsp3) is 0.588. The van der Waals surface area contributed by atoms with Crippen molar-refractivity contribution in [3.8, 4) is 0 Å². The monoisotopic (exact) mass is 304 g/mol. The third-order valence-electron chi connectivity index (χ3n) is 4.28. The first-order valence-corrected chi connectivity index (χ1v) is 8.05. The number of ether oxygens (including phenoxy) is 1. The van der Waals surface area contributed by atoms with Gasteiger partial charge in [0, 0.05) is 25.7 Å². The van der Waals surface area contributed by atoms with E-state index in [-0.39, 0.29) is 5.76 Å². The Bertz CT molecular complexity index is 674. The van der Waals surface area contributed by atoms with Crippen LogP contribution in [0, 0.1) is 5.92 Å². The van der Waals surface area contributed by atoms with Crippen LogP contribution in [0.5, 0.6) is 0 Å². The molecule has 1 aromatic carbocycles. The van der Waals surface area contributed by atoms with Gasteiger partial charge >= 0.3 is 5.76 Å². The highest BCUT2D eigenvalue weighted by Gasteiger charge is 2.24. The Morgan fingerprint density at radius 2 is 2.09 bits per heavy atom. The normalized spacial score (nSPS) is 20.0. The Kier molecular flexibility index (Phi) is 4.64. The van der Waals surface area contributed by atoms with Crippen LogP contribution >= 0.6 is 0 Å². The summed E-state index contributed by atoms with van der Waals surface area (Å²) < 4.78 is 12.6. The number of nitrogens with zero attached hydrogens (tertiary/aromatic N) is 2. The van der Waals surface area contributed by atoms with E-state index >= 15 is 0 Å². The quantitative estimate of drug-likeness (QED) is 0.850. The van der Waals surface area contributed by atoms with Crippen LogP contribution in [0.2, 0.25) is 0 Å². The maximum Gasteiger partial charge on any atom is 0.419 e. The van der Waals surface area contributed by atoms with Crippen molar-refractivity contribution in [3.63, 3.8) is 0 Å². The number of morpholine rings is 1. The highest BCUT2D eigenvalue weighted by Crippen LogP contribution is 2.16. The molecule has 0 radical (unpaired) electrons. The van der Waals surface area contributed by atoms with Crippen LogP contribution in [0.15, 0.2) is 33.5 Å². The van der Waals surface area contributed by atoms with Crippen LogP contribution in [0.1, 0.15) is 20.3 Å². The summed E-state index contributed by atoms with van der Waals surface area (Å²) in [5, 5.41) is 0. The molecule has 0 bridgehead atoms. The highest BCUT2D eigenvalue weighted by molar-refractivity contribution is 5.72. The number of fused-ring (bicyclic) bond motifs is 1. The predicted molar refractivity (Wildman–Crippen MR) is 86.1 cm³/mol. The van der Waals surface area contributed by atoms with Crippen LogP contribution in [0.25, 0.3) is 11.1 Å². The first-order valence-electron chi connectivity index (χ1n) is 8.05. The van der Waals surface area contributed by atoms with Gasteiger partial charge in [-0.2, -0.15) is 0 Å². The van der Waals surface area contributed by atoms with Crippen molar-refractivity contribution in [2.24, 2.45) is 5.92 Å². The first kappa shape index (κ1) is 15.3. The molecule has 0 aliphatic carbocycles. The average Bonchev–Trinajstić information content (AvgIpc) is 2.81. The Labute approximate surface area is 130 Å². The fourth-order valence-electron chi connectivity index (χ4n) is 3.20. The van der Waals surface area contributed by atoms with Gasteiger partial charge in [-0.15, -0.1) is 0 Å². The molecule has 1 saturated heterocycles. The van der Waals surface area contributed by atoms with Crippen LogP contribution in [0.4, 0.5) is 0 Å². The summed E-state index contributed by atoms with van der Waals surface area (Å²) in [5.41, 5.74) is 1.54. The minimum Gasteiger partial charge on any atom is -0.408 e. The van der Waals surface area contributed by atoms with Crippen LogP contribution < -0.4 is 5.76 Å². The van der Waals surface area contributed by atoms with Gasteiger partial charge in [-0.3, -0.25) is 9.47 Å². The van der Waals surface area contributed by atoms with E-state index in [1.54, 1.807) is 4.57 Å². The second kappa shape index (κ2) is 6.67. The average molecular weight is 304 g/mol. The zero-order valence-corrected chi connectivity index (χ0v) is 13.3. The fourth-order valence-corrected chi connectivity index (χ4v) is 3.20. The molecule has 0 saturated carbocycles. The van der Waals surface area contributed by atoms with Gasteiger partial charge < -0.3 is 9.15 Å². The van der Waals surface area contributed by atoms with Crippen molar-refractivity contribution in [2.75, 3.05) is 26.3 Å². The molecule has 2 aromatic rings. The van der Waals surface area contributed by atoms with Gasteiger partial charge in [0.05, 0.1) is 18.7 Å². The third kappa shape index (κ3) is 3.25. The minimum absolute atomic E-state index is 0.269. The minimum atomic E-state index is -0.269. The van der Waals surface area contributed by atoms with Crippen molar-refractivity contribution in [3.05, 3.63) is 34.8 Å². The largest absolute Gasteiger partial charge is 0.419 e. The lowest BCUT2D eigenvalue weighted by Crippen LogP contribution is -2.47. The number of rotatable bonds is 5. The number of para-hydroxylation sites is 2. The number of hydrogen-bond donors (Lipinski definition) is 0. The standard InChI is InChI=1S/C17H24N2O3/c1-13(2)11-14-12-21-10-9-18(14)7-8-19-15-5-3-4-6-16(15)22-17(19)20/h3-6,13-14H,7-12H2,1-2H3. The summed E-state index contributed by atoms with van der Waals surface area (Å²) in [6.07, 6.45) is 1.13. The van der Waals surface area contributed by atoms with E-state index in [9.17, 15) is 4.79 Å². The van der Waals surface area contributed by atoms with Crippen molar-refractivity contribution in [1.29, 1.82) is 0 Å². The summed E-state index contributed by atoms with van der Waals surface area (Å²) in [7, 11) is 0. The van der Waals surface area contributed by atoms with E-state index in [4.69, 9.17) is 9.15 Å². The van der Waals surface area contributed by atoms with E-state index in [2.05, 4.69) is 18.7 Å². The Hall–Kier alpha value is -1.59. The molecule has 120 valence electrons. The van der Waals surface area contributed by atoms with Gasteiger partial charge in [-0.05, 0) is 24.5 Å². The van der Waals surface area contributed by atoms with E-state index in [0.29, 0.717) is 24.1 Å². The maximum atomic E-state index is 12.0. The van der Waals surface area contributed by atoms with Crippen LogP contribution in [0.3, 0.4) is 0 Å². The van der Waals surface area contributed by atoms with Crippen LogP contribution in [-0.2, 0) is 11.3 Å². The molecule has 1 aliphatic heterocycles. The molecule has 1 unspecified atom stereocenters. The first-order chi connectivity index (χ1) is 10.6. The van der Waals surface area contributed by atoms with Gasteiger partial charge in [0.15, 0.2) is 5.58 Å². The molecule has 1 fully saturated rings. The molecule has 22 heavy (non-hydrogen) atoms. The van der Waals surface area contributed by atoms with Crippen molar-refractivity contribution >= 4 is 11.1 Å². The molecule has 1 aliphatic rings. The van der Waals surface area contributed by atoms with Gasteiger partial charge in [0.2, 0.25) is 0 Å². The summed E-state index contributed by atoms with van der Waals surface area (Å²) in [4.78, 5) is 14.5.